The molecule has 4 heterocycles. The summed E-state index contributed by atoms with van der Waals surface area (Å²) in [7, 11) is 0. The highest BCUT2D eigenvalue weighted by molar-refractivity contribution is 5.80. The number of hydrogen-bond acceptors (Lipinski definition) is 5. The summed E-state index contributed by atoms with van der Waals surface area (Å²) in [5.41, 5.74) is 2.25. The number of aliphatic imine (C=N–C) groups is 1. The molecule has 0 radical (unpaired) electrons. The zero-order valence-electron chi connectivity index (χ0n) is 19.3. The van der Waals surface area contributed by atoms with Crippen molar-refractivity contribution in [2.24, 2.45) is 4.99 Å². The largest absolute Gasteiger partial charge is 0.373 e. The van der Waals surface area contributed by atoms with E-state index in [1.54, 1.807) is 0 Å². The molecule has 2 fully saturated rings. The summed E-state index contributed by atoms with van der Waals surface area (Å²) in [5, 5.41) is 12.1. The third-order valence-electron chi connectivity index (χ3n) is 6.48. The highest BCUT2D eigenvalue weighted by Crippen LogP contribution is 2.24. The molecule has 0 bridgehead atoms. The van der Waals surface area contributed by atoms with Gasteiger partial charge in [0.1, 0.15) is 5.82 Å². The molecule has 2 aliphatic heterocycles. The molecule has 2 aromatic heterocycles. The number of nitrogens with zero attached hydrogens (tertiary/aromatic N) is 6. The van der Waals surface area contributed by atoms with Crippen LogP contribution < -0.4 is 5.32 Å². The van der Waals surface area contributed by atoms with Gasteiger partial charge in [0.25, 0.3) is 0 Å². The van der Waals surface area contributed by atoms with Gasteiger partial charge in [0.15, 0.2) is 11.6 Å². The Bertz CT molecular complexity index is 1070. The Kier molecular flexibility index (Phi) is 6.83. The van der Waals surface area contributed by atoms with Gasteiger partial charge in [-0.05, 0) is 31.0 Å². The highest BCUT2D eigenvalue weighted by atomic mass is 16.5. The van der Waals surface area contributed by atoms with Crippen LogP contribution in [0.1, 0.15) is 24.7 Å². The minimum Gasteiger partial charge on any atom is -0.373 e. The molecule has 0 aliphatic carbocycles. The Morgan fingerprint density at radius 1 is 1.12 bits per heavy atom. The van der Waals surface area contributed by atoms with E-state index in [1.807, 2.05) is 24.4 Å². The van der Waals surface area contributed by atoms with Crippen molar-refractivity contribution in [2.75, 3.05) is 39.3 Å². The van der Waals surface area contributed by atoms with Crippen molar-refractivity contribution in [1.29, 1.82) is 0 Å². The molecular weight excluding hydrogens is 414 g/mol. The molecule has 174 valence electrons. The lowest BCUT2D eigenvalue weighted by atomic mass is 10.1. The first-order valence-corrected chi connectivity index (χ1v) is 12.0. The summed E-state index contributed by atoms with van der Waals surface area (Å²) in [6.45, 7) is 8.30. The van der Waals surface area contributed by atoms with E-state index in [0.29, 0.717) is 6.04 Å². The van der Waals surface area contributed by atoms with Gasteiger partial charge in [-0.25, -0.2) is 0 Å². The zero-order valence-corrected chi connectivity index (χ0v) is 19.3. The second-order valence-electron chi connectivity index (χ2n) is 8.72. The second kappa shape index (κ2) is 10.3. The third-order valence-corrected chi connectivity index (χ3v) is 6.48. The van der Waals surface area contributed by atoms with Crippen LogP contribution in [-0.4, -0.2) is 81.8 Å². The molecule has 3 aromatic rings. The molecule has 1 N–H and O–H groups in total. The van der Waals surface area contributed by atoms with E-state index < -0.39 is 0 Å². The highest BCUT2D eigenvalue weighted by Gasteiger charge is 2.41. The molecule has 8 nitrogen and oxygen atoms in total. The van der Waals surface area contributed by atoms with E-state index in [9.17, 15) is 0 Å². The summed E-state index contributed by atoms with van der Waals surface area (Å²) >= 11 is 0. The molecule has 5 rings (SSSR count). The normalized spacial score (nSPS) is 21.5. The number of ether oxygens (including phenoxy) is 1. The first-order chi connectivity index (χ1) is 16.3. The van der Waals surface area contributed by atoms with Crippen LogP contribution >= 0.6 is 0 Å². The van der Waals surface area contributed by atoms with Crippen LogP contribution in [0, 0.1) is 0 Å². The van der Waals surface area contributed by atoms with E-state index in [4.69, 9.17) is 9.73 Å². The third kappa shape index (κ3) is 5.02. The number of pyridine rings is 1. The fourth-order valence-electron chi connectivity index (χ4n) is 4.85. The standard InChI is InChI=1S/C25H33N7O/c1-2-26-25(27-13-8-12-24-29-28-23-11-6-7-14-32(23)24)31-18-21-22(19-31)33-16-15-30(21)17-20-9-4-3-5-10-20/h3-7,9-11,14,21-22H,2,8,12-13,15-19H2,1H3,(H,26,27). The van der Waals surface area contributed by atoms with Gasteiger partial charge in [-0.2, -0.15) is 0 Å². The van der Waals surface area contributed by atoms with Gasteiger partial charge >= 0.3 is 0 Å². The van der Waals surface area contributed by atoms with E-state index in [-0.39, 0.29) is 6.10 Å². The molecule has 33 heavy (non-hydrogen) atoms. The number of fused-ring (bicyclic) bond motifs is 2. The van der Waals surface area contributed by atoms with Gasteiger partial charge in [0.05, 0.1) is 18.8 Å². The van der Waals surface area contributed by atoms with Crippen LogP contribution in [0.2, 0.25) is 0 Å². The number of rotatable bonds is 7. The molecule has 0 spiro atoms. The topological polar surface area (TPSA) is 70.3 Å². The van der Waals surface area contributed by atoms with E-state index in [2.05, 4.69) is 67.0 Å². The average Bonchev–Trinajstić information content (AvgIpc) is 3.47. The Hall–Kier alpha value is -2.97. The monoisotopic (exact) mass is 447 g/mol. The maximum absolute atomic E-state index is 6.16. The second-order valence-corrected chi connectivity index (χ2v) is 8.72. The van der Waals surface area contributed by atoms with Crippen molar-refractivity contribution in [3.05, 3.63) is 66.1 Å². The van der Waals surface area contributed by atoms with Gasteiger partial charge in [-0.3, -0.25) is 14.3 Å². The maximum Gasteiger partial charge on any atom is 0.194 e. The Labute approximate surface area is 195 Å². The SMILES string of the molecule is CCNC(=NCCCc1nnc2ccccn12)N1CC2OCCN(Cc3ccccc3)C2C1. The molecule has 2 saturated heterocycles. The quantitative estimate of drug-likeness (QED) is 0.340. The lowest BCUT2D eigenvalue weighted by molar-refractivity contribution is -0.0502. The van der Waals surface area contributed by atoms with Crippen molar-refractivity contribution in [2.45, 2.75) is 38.5 Å². The number of morpholine rings is 1. The Balaban J connectivity index is 1.20. The van der Waals surface area contributed by atoms with Crippen molar-refractivity contribution in [3.8, 4) is 0 Å². The molecule has 0 saturated carbocycles. The summed E-state index contributed by atoms with van der Waals surface area (Å²) in [5.74, 6) is 1.98. The summed E-state index contributed by atoms with van der Waals surface area (Å²) in [6.07, 6.45) is 4.04. The van der Waals surface area contributed by atoms with Crippen LogP contribution in [-0.2, 0) is 17.7 Å². The van der Waals surface area contributed by atoms with Crippen LogP contribution in [0.5, 0.6) is 0 Å². The van der Waals surface area contributed by atoms with Gasteiger partial charge in [-0.1, -0.05) is 36.4 Å². The summed E-state index contributed by atoms with van der Waals surface area (Å²) in [6, 6.07) is 17.1. The lowest BCUT2D eigenvalue weighted by Gasteiger charge is -2.36. The predicted octanol–water partition coefficient (Wildman–Crippen LogP) is 2.21. The van der Waals surface area contributed by atoms with Crippen molar-refractivity contribution >= 4 is 11.6 Å². The van der Waals surface area contributed by atoms with Crippen molar-refractivity contribution < 1.29 is 4.74 Å². The van der Waals surface area contributed by atoms with Gasteiger partial charge in [0, 0.05) is 51.9 Å². The first-order valence-electron chi connectivity index (χ1n) is 12.0. The van der Waals surface area contributed by atoms with Crippen molar-refractivity contribution in [1.82, 2.24) is 29.7 Å². The van der Waals surface area contributed by atoms with Gasteiger partial charge in [0.2, 0.25) is 0 Å². The summed E-state index contributed by atoms with van der Waals surface area (Å²) < 4.78 is 8.21. The minimum absolute atomic E-state index is 0.230. The molecular formula is C25H33N7O. The smallest absolute Gasteiger partial charge is 0.194 e. The van der Waals surface area contributed by atoms with E-state index in [0.717, 1.165) is 76.1 Å². The zero-order chi connectivity index (χ0) is 22.5. The van der Waals surface area contributed by atoms with Crippen LogP contribution in [0.15, 0.2) is 59.7 Å². The molecule has 2 atom stereocenters. The Morgan fingerprint density at radius 3 is 2.88 bits per heavy atom. The van der Waals surface area contributed by atoms with Crippen LogP contribution in [0.3, 0.4) is 0 Å². The number of hydrogen-bond donors (Lipinski definition) is 1. The molecule has 2 unspecified atom stereocenters. The van der Waals surface area contributed by atoms with E-state index >= 15 is 0 Å². The molecule has 8 heteroatoms. The summed E-state index contributed by atoms with van der Waals surface area (Å²) in [4.78, 5) is 9.88. The number of nitrogens with one attached hydrogen (secondary N) is 1. The molecule has 1 aromatic carbocycles. The maximum atomic E-state index is 6.16. The molecule has 2 aliphatic rings. The number of aryl methyl sites for hydroxylation is 1. The van der Waals surface area contributed by atoms with Crippen LogP contribution in [0.4, 0.5) is 0 Å². The fourth-order valence-corrected chi connectivity index (χ4v) is 4.85. The van der Waals surface area contributed by atoms with Gasteiger partial charge in [-0.15, -0.1) is 10.2 Å². The number of aromatic nitrogens is 3. The van der Waals surface area contributed by atoms with Crippen LogP contribution in [0.25, 0.3) is 5.65 Å². The predicted molar refractivity (Wildman–Crippen MR) is 129 cm³/mol. The number of benzene rings is 1. The first kappa shape index (κ1) is 21.9. The number of likely N-dealkylation sites (tertiary alicyclic amines) is 1. The fraction of sp³-hybridized carbons (Fsp3) is 0.480. The lowest BCUT2D eigenvalue weighted by Crippen LogP contribution is -2.50. The average molecular weight is 448 g/mol. The molecule has 0 amide bonds. The van der Waals surface area contributed by atoms with Crippen molar-refractivity contribution in [3.63, 3.8) is 0 Å². The van der Waals surface area contributed by atoms with Gasteiger partial charge < -0.3 is 15.0 Å². The minimum atomic E-state index is 0.230. The Morgan fingerprint density at radius 2 is 2.00 bits per heavy atom. The van der Waals surface area contributed by atoms with E-state index in [1.165, 1.54) is 5.56 Å². The number of guanidine groups is 1.